The van der Waals surface area contributed by atoms with Crippen LogP contribution in [0.15, 0.2) is 70.7 Å². The van der Waals surface area contributed by atoms with Gasteiger partial charge in [-0.3, -0.25) is 5.43 Å². The molecule has 5 heteroatoms. The van der Waals surface area contributed by atoms with Gasteiger partial charge in [0.2, 0.25) is 9.84 Å². The molecule has 0 amide bonds. The second-order valence-corrected chi connectivity index (χ2v) is 6.03. The molecular formula is C14H12N2O2S. The molecule has 0 aromatic heterocycles. The van der Waals surface area contributed by atoms with Gasteiger partial charge in [0.05, 0.1) is 4.90 Å². The topological polar surface area (TPSA) is 58.2 Å². The third-order valence-electron chi connectivity index (χ3n) is 2.95. The first-order valence-electron chi connectivity index (χ1n) is 5.81. The van der Waals surface area contributed by atoms with Crippen molar-refractivity contribution in [3.05, 3.63) is 65.8 Å². The van der Waals surface area contributed by atoms with E-state index in [1.54, 1.807) is 24.4 Å². The predicted molar refractivity (Wildman–Crippen MR) is 74.6 cm³/mol. The first-order valence-corrected chi connectivity index (χ1v) is 7.29. The summed E-state index contributed by atoms with van der Waals surface area (Å²) in [5.41, 5.74) is 5.34. The highest BCUT2D eigenvalue weighted by molar-refractivity contribution is 7.95. The van der Waals surface area contributed by atoms with Crippen molar-refractivity contribution in [1.29, 1.82) is 0 Å². The molecule has 19 heavy (non-hydrogen) atoms. The van der Waals surface area contributed by atoms with Crippen molar-refractivity contribution >= 4 is 20.6 Å². The van der Waals surface area contributed by atoms with Crippen molar-refractivity contribution in [2.75, 3.05) is 0 Å². The smallest absolute Gasteiger partial charge is 0.223 e. The monoisotopic (exact) mass is 272 g/mol. The van der Waals surface area contributed by atoms with Gasteiger partial charge in [0.15, 0.2) is 5.03 Å². The lowest BCUT2D eigenvalue weighted by Gasteiger charge is -2.15. The summed E-state index contributed by atoms with van der Waals surface area (Å²) in [4.78, 5) is 0.307. The van der Waals surface area contributed by atoms with Gasteiger partial charge in [0, 0.05) is 11.6 Å². The SMILES string of the molecule is O=S(=O)(C1=CC=CNN1)c1cccc2ccccc12. The average molecular weight is 272 g/mol. The van der Waals surface area contributed by atoms with E-state index in [1.807, 2.05) is 30.3 Å². The van der Waals surface area contributed by atoms with Gasteiger partial charge in [0.25, 0.3) is 0 Å². The van der Waals surface area contributed by atoms with Crippen LogP contribution in [0, 0.1) is 0 Å². The molecule has 0 radical (unpaired) electrons. The van der Waals surface area contributed by atoms with Crippen molar-refractivity contribution in [1.82, 2.24) is 10.9 Å². The maximum atomic E-state index is 12.6. The fourth-order valence-electron chi connectivity index (χ4n) is 2.04. The molecular weight excluding hydrogens is 260 g/mol. The molecule has 0 aliphatic carbocycles. The molecule has 1 aliphatic rings. The molecule has 2 aromatic carbocycles. The van der Waals surface area contributed by atoms with E-state index in [0.717, 1.165) is 10.8 Å². The maximum Gasteiger partial charge on any atom is 0.223 e. The van der Waals surface area contributed by atoms with E-state index in [2.05, 4.69) is 10.9 Å². The normalized spacial score (nSPS) is 14.6. The molecule has 0 unspecified atom stereocenters. The molecule has 0 saturated heterocycles. The van der Waals surface area contributed by atoms with Crippen LogP contribution < -0.4 is 10.9 Å². The highest BCUT2D eigenvalue weighted by atomic mass is 32.2. The first-order chi connectivity index (χ1) is 9.19. The Kier molecular flexibility index (Phi) is 2.76. The van der Waals surface area contributed by atoms with Crippen LogP contribution in [-0.4, -0.2) is 8.42 Å². The van der Waals surface area contributed by atoms with Crippen LogP contribution in [0.5, 0.6) is 0 Å². The van der Waals surface area contributed by atoms with Crippen LogP contribution in [0.3, 0.4) is 0 Å². The largest absolute Gasteiger partial charge is 0.308 e. The number of hydrazine groups is 1. The molecule has 4 nitrogen and oxygen atoms in total. The number of nitrogens with one attached hydrogen (secondary N) is 2. The zero-order valence-corrected chi connectivity index (χ0v) is 10.8. The average Bonchev–Trinajstić information content (AvgIpc) is 2.47. The zero-order valence-electron chi connectivity index (χ0n) is 10.00. The Bertz CT molecular complexity index is 787. The fourth-order valence-corrected chi connectivity index (χ4v) is 3.46. The van der Waals surface area contributed by atoms with Gasteiger partial charge in [0.1, 0.15) is 0 Å². The summed E-state index contributed by atoms with van der Waals surface area (Å²) < 4.78 is 25.2. The Morgan fingerprint density at radius 2 is 1.74 bits per heavy atom. The van der Waals surface area contributed by atoms with Crippen molar-refractivity contribution in [2.24, 2.45) is 0 Å². The van der Waals surface area contributed by atoms with E-state index in [-0.39, 0.29) is 5.03 Å². The number of hydrogen-bond donors (Lipinski definition) is 2. The second kappa shape index (κ2) is 4.44. The maximum absolute atomic E-state index is 12.6. The Labute approximate surface area is 111 Å². The quantitative estimate of drug-likeness (QED) is 0.878. The van der Waals surface area contributed by atoms with Crippen LogP contribution in [0.25, 0.3) is 10.8 Å². The summed E-state index contributed by atoms with van der Waals surface area (Å²) in [6, 6.07) is 12.7. The van der Waals surface area contributed by atoms with Crippen molar-refractivity contribution < 1.29 is 8.42 Å². The van der Waals surface area contributed by atoms with E-state index in [0.29, 0.717) is 4.90 Å². The first kappa shape index (κ1) is 11.8. The van der Waals surface area contributed by atoms with Gasteiger partial charge in [-0.1, -0.05) is 36.4 Å². The van der Waals surface area contributed by atoms with E-state index in [1.165, 1.54) is 6.08 Å². The van der Waals surface area contributed by atoms with Crippen LogP contribution in [-0.2, 0) is 9.84 Å². The molecule has 0 fully saturated rings. The molecule has 0 bridgehead atoms. The van der Waals surface area contributed by atoms with Gasteiger partial charge >= 0.3 is 0 Å². The number of benzene rings is 2. The van der Waals surface area contributed by atoms with E-state index >= 15 is 0 Å². The van der Waals surface area contributed by atoms with Crippen LogP contribution in [0.4, 0.5) is 0 Å². The highest BCUT2D eigenvalue weighted by Gasteiger charge is 2.23. The third kappa shape index (κ3) is 1.98. The van der Waals surface area contributed by atoms with Crippen LogP contribution in [0.2, 0.25) is 0 Å². The minimum absolute atomic E-state index is 0.145. The molecule has 2 aromatic rings. The Balaban J connectivity index is 2.24. The predicted octanol–water partition coefficient (Wildman–Crippen LogP) is 2.08. The zero-order chi connectivity index (χ0) is 13.3. The highest BCUT2D eigenvalue weighted by Crippen LogP contribution is 2.26. The molecule has 3 rings (SSSR count). The summed E-state index contributed by atoms with van der Waals surface area (Å²) in [6.45, 7) is 0. The molecule has 96 valence electrons. The number of hydrogen-bond acceptors (Lipinski definition) is 4. The molecule has 0 atom stereocenters. The number of allylic oxidation sites excluding steroid dienone is 2. The van der Waals surface area contributed by atoms with Gasteiger partial charge in [-0.15, -0.1) is 0 Å². The lowest BCUT2D eigenvalue weighted by atomic mass is 10.1. The second-order valence-electron chi connectivity index (χ2n) is 4.14. The lowest BCUT2D eigenvalue weighted by molar-refractivity contribution is 0.594. The van der Waals surface area contributed by atoms with E-state index < -0.39 is 9.84 Å². The molecule has 0 saturated carbocycles. The molecule has 1 aliphatic heterocycles. The summed E-state index contributed by atoms with van der Waals surface area (Å²) in [5.74, 6) is 0. The summed E-state index contributed by atoms with van der Waals surface area (Å²) in [6.07, 6.45) is 4.81. The van der Waals surface area contributed by atoms with Crippen LogP contribution >= 0.6 is 0 Å². The third-order valence-corrected chi connectivity index (χ3v) is 4.70. The summed E-state index contributed by atoms with van der Waals surface area (Å²) in [7, 11) is -3.55. The Hall–Kier alpha value is -2.27. The van der Waals surface area contributed by atoms with Crippen molar-refractivity contribution in [3.63, 3.8) is 0 Å². The standard InChI is InChI=1S/C14H12N2O2S/c17-19(18,14-9-4-10-15-16-14)13-8-3-6-11-5-1-2-7-12(11)13/h1-10,15-16H. The molecule has 1 heterocycles. The Morgan fingerprint density at radius 1 is 0.947 bits per heavy atom. The minimum Gasteiger partial charge on any atom is -0.308 e. The number of fused-ring (bicyclic) bond motifs is 1. The van der Waals surface area contributed by atoms with Crippen LogP contribution in [0.1, 0.15) is 0 Å². The van der Waals surface area contributed by atoms with Gasteiger partial charge in [-0.2, -0.15) is 0 Å². The molecule has 2 N–H and O–H groups in total. The van der Waals surface area contributed by atoms with Gasteiger partial charge in [-0.05, 0) is 23.6 Å². The van der Waals surface area contributed by atoms with E-state index in [9.17, 15) is 8.42 Å². The lowest BCUT2D eigenvalue weighted by Crippen LogP contribution is -2.32. The summed E-state index contributed by atoms with van der Waals surface area (Å²) in [5, 5.41) is 1.78. The van der Waals surface area contributed by atoms with Gasteiger partial charge < -0.3 is 5.43 Å². The summed E-state index contributed by atoms with van der Waals surface area (Å²) >= 11 is 0. The number of rotatable bonds is 2. The van der Waals surface area contributed by atoms with Crippen molar-refractivity contribution in [2.45, 2.75) is 4.90 Å². The number of sulfone groups is 1. The van der Waals surface area contributed by atoms with Gasteiger partial charge in [-0.25, -0.2) is 8.42 Å². The van der Waals surface area contributed by atoms with E-state index in [4.69, 9.17) is 0 Å². The fraction of sp³-hybridized carbons (Fsp3) is 0. The van der Waals surface area contributed by atoms with Crippen molar-refractivity contribution in [3.8, 4) is 0 Å². The minimum atomic E-state index is -3.55. The molecule has 0 spiro atoms. The Morgan fingerprint density at radius 3 is 2.53 bits per heavy atom.